The molecule has 2 nitrogen and oxygen atoms in total. The van der Waals surface area contributed by atoms with Crippen LogP contribution in [0.1, 0.15) is 15.9 Å². The molecule has 2 aromatic carbocycles. The lowest BCUT2D eigenvalue weighted by atomic mass is 10.0. The molecule has 0 saturated carbocycles. The Morgan fingerprint density at radius 1 is 1.22 bits per heavy atom. The number of hydrogen-bond acceptors (Lipinski definition) is 2. The van der Waals surface area contributed by atoms with Crippen molar-refractivity contribution >= 4 is 21.7 Å². The zero-order chi connectivity index (χ0) is 13.1. The Hall–Kier alpha value is -1.68. The molecule has 0 saturated heterocycles. The highest BCUT2D eigenvalue weighted by molar-refractivity contribution is 9.10. The number of benzene rings is 2. The second-order valence-electron chi connectivity index (χ2n) is 3.90. The third-order valence-corrected chi connectivity index (χ3v) is 3.12. The van der Waals surface area contributed by atoms with Crippen molar-refractivity contribution in [2.24, 2.45) is 0 Å². The number of hydrogen-bond donors (Lipinski definition) is 1. The van der Waals surface area contributed by atoms with Crippen LogP contribution < -0.4 is 0 Å². The van der Waals surface area contributed by atoms with Crippen LogP contribution in [0.25, 0.3) is 0 Å². The van der Waals surface area contributed by atoms with Gasteiger partial charge in [0.05, 0.1) is 4.47 Å². The van der Waals surface area contributed by atoms with E-state index in [0.29, 0.717) is 5.56 Å². The van der Waals surface area contributed by atoms with Crippen molar-refractivity contribution in [2.45, 2.75) is 6.42 Å². The molecule has 0 heterocycles. The van der Waals surface area contributed by atoms with Gasteiger partial charge in [-0.25, -0.2) is 4.39 Å². The van der Waals surface area contributed by atoms with Crippen LogP contribution in [0.3, 0.4) is 0 Å². The van der Waals surface area contributed by atoms with Crippen molar-refractivity contribution in [2.75, 3.05) is 0 Å². The van der Waals surface area contributed by atoms with E-state index in [9.17, 15) is 14.3 Å². The second kappa shape index (κ2) is 5.31. The summed E-state index contributed by atoms with van der Waals surface area (Å²) in [6.45, 7) is 0. The molecule has 0 aliphatic heterocycles. The summed E-state index contributed by atoms with van der Waals surface area (Å²) in [5, 5.41) is 9.31. The lowest BCUT2D eigenvalue weighted by Crippen LogP contribution is -2.03. The summed E-state index contributed by atoms with van der Waals surface area (Å²) in [7, 11) is 0. The van der Waals surface area contributed by atoms with Gasteiger partial charge in [0.1, 0.15) is 11.6 Å². The number of Topliss-reactive ketones (excluding diaryl/α,β-unsaturated/α-hetero) is 1. The van der Waals surface area contributed by atoms with Crippen molar-refractivity contribution < 1.29 is 14.3 Å². The number of halogens is 2. The molecule has 4 heteroatoms. The van der Waals surface area contributed by atoms with Crippen LogP contribution >= 0.6 is 15.9 Å². The van der Waals surface area contributed by atoms with E-state index in [4.69, 9.17) is 0 Å². The quantitative estimate of drug-likeness (QED) is 0.877. The van der Waals surface area contributed by atoms with Crippen molar-refractivity contribution in [3.05, 3.63) is 63.9 Å². The summed E-state index contributed by atoms with van der Waals surface area (Å²) in [5.74, 6) is -0.397. The molecule has 0 spiro atoms. The lowest BCUT2D eigenvalue weighted by Gasteiger charge is -2.03. The van der Waals surface area contributed by atoms with Gasteiger partial charge in [-0.1, -0.05) is 12.1 Å². The minimum atomic E-state index is -0.399. The SMILES string of the molecule is O=C(Cc1cccc(O)c1)c1ccc(F)c(Br)c1. The summed E-state index contributed by atoms with van der Waals surface area (Å²) in [5.41, 5.74) is 1.16. The van der Waals surface area contributed by atoms with Gasteiger partial charge in [-0.05, 0) is 51.8 Å². The lowest BCUT2D eigenvalue weighted by molar-refractivity contribution is 0.0993. The van der Waals surface area contributed by atoms with Gasteiger partial charge in [0.25, 0.3) is 0 Å². The molecule has 0 radical (unpaired) electrons. The fourth-order valence-electron chi connectivity index (χ4n) is 1.62. The zero-order valence-electron chi connectivity index (χ0n) is 9.36. The van der Waals surface area contributed by atoms with E-state index in [1.165, 1.54) is 24.3 Å². The first-order chi connectivity index (χ1) is 8.56. The van der Waals surface area contributed by atoms with Gasteiger partial charge in [-0.2, -0.15) is 0 Å². The number of phenols is 1. The summed E-state index contributed by atoms with van der Waals surface area (Å²) in [6.07, 6.45) is 0.173. The Balaban J connectivity index is 2.19. The Kier molecular flexibility index (Phi) is 3.77. The van der Waals surface area contributed by atoms with E-state index in [0.717, 1.165) is 5.56 Å². The van der Waals surface area contributed by atoms with Crippen molar-refractivity contribution in [3.8, 4) is 5.75 Å². The maximum Gasteiger partial charge on any atom is 0.167 e. The Morgan fingerprint density at radius 2 is 2.00 bits per heavy atom. The van der Waals surface area contributed by atoms with Gasteiger partial charge in [-0.15, -0.1) is 0 Å². The van der Waals surface area contributed by atoms with Crippen LogP contribution in [0.5, 0.6) is 5.75 Å². The predicted octanol–water partition coefficient (Wildman–Crippen LogP) is 3.72. The Bertz CT molecular complexity index is 596. The van der Waals surface area contributed by atoms with Crippen LogP contribution in [-0.2, 0) is 6.42 Å². The van der Waals surface area contributed by atoms with E-state index >= 15 is 0 Å². The van der Waals surface area contributed by atoms with Gasteiger partial charge < -0.3 is 5.11 Å². The average molecular weight is 309 g/mol. The molecular weight excluding hydrogens is 299 g/mol. The van der Waals surface area contributed by atoms with Crippen molar-refractivity contribution in [3.63, 3.8) is 0 Å². The molecule has 0 bridgehead atoms. The third-order valence-electron chi connectivity index (χ3n) is 2.52. The molecular formula is C14H10BrFO2. The molecule has 1 N–H and O–H groups in total. The second-order valence-corrected chi connectivity index (χ2v) is 4.75. The number of carbonyl (C=O) groups excluding carboxylic acids is 1. The number of rotatable bonds is 3. The first kappa shape index (κ1) is 12.8. The van der Waals surface area contributed by atoms with Gasteiger partial charge in [0, 0.05) is 12.0 Å². The largest absolute Gasteiger partial charge is 0.508 e. The highest BCUT2D eigenvalue weighted by Crippen LogP contribution is 2.19. The number of aromatic hydroxyl groups is 1. The maximum atomic E-state index is 13.1. The maximum absolute atomic E-state index is 13.1. The fraction of sp³-hybridized carbons (Fsp3) is 0.0714. The van der Waals surface area contributed by atoms with E-state index in [2.05, 4.69) is 15.9 Å². The van der Waals surface area contributed by atoms with E-state index in [-0.39, 0.29) is 22.4 Å². The summed E-state index contributed by atoms with van der Waals surface area (Å²) in [6, 6.07) is 10.7. The highest BCUT2D eigenvalue weighted by Gasteiger charge is 2.09. The van der Waals surface area contributed by atoms with Crippen LogP contribution in [0.4, 0.5) is 4.39 Å². The summed E-state index contributed by atoms with van der Waals surface area (Å²) >= 11 is 3.04. The van der Waals surface area contributed by atoms with Crippen LogP contribution in [0, 0.1) is 5.82 Å². The van der Waals surface area contributed by atoms with Crippen LogP contribution in [-0.4, -0.2) is 10.9 Å². The highest BCUT2D eigenvalue weighted by atomic mass is 79.9. The van der Waals surface area contributed by atoms with Crippen molar-refractivity contribution in [1.82, 2.24) is 0 Å². The molecule has 0 aliphatic rings. The number of phenolic OH excluding ortho intramolecular Hbond substituents is 1. The molecule has 0 amide bonds. The number of ketones is 1. The standard InChI is InChI=1S/C14H10BrFO2/c15-12-8-10(4-5-13(12)16)14(18)7-9-2-1-3-11(17)6-9/h1-6,8,17H,7H2. The fourth-order valence-corrected chi connectivity index (χ4v) is 2.00. The molecule has 0 aliphatic carbocycles. The molecule has 0 unspecified atom stereocenters. The first-order valence-electron chi connectivity index (χ1n) is 5.32. The summed E-state index contributed by atoms with van der Waals surface area (Å²) < 4.78 is 13.3. The Morgan fingerprint density at radius 3 is 2.67 bits per heavy atom. The van der Waals surface area contributed by atoms with E-state index < -0.39 is 5.82 Å². The molecule has 0 fully saturated rings. The minimum Gasteiger partial charge on any atom is -0.508 e. The average Bonchev–Trinajstić information content (AvgIpc) is 2.32. The minimum absolute atomic E-state index is 0.124. The van der Waals surface area contributed by atoms with Gasteiger partial charge in [-0.3, -0.25) is 4.79 Å². The number of carbonyl (C=O) groups is 1. The smallest absolute Gasteiger partial charge is 0.167 e. The van der Waals surface area contributed by atoms with Gasteiger partial charge in [0.15, 0.2) is 5.78 Å². The predicted molar refractivity (Wildman–Crippen MR) is 70.2 cm³/mol. The van der Waals surface area contributed by atoms with Gasteiger partial charge in [0.2, 0.25) is 0 Å². The molecule has 2 aromatic rings. The van der Waals surface area contributed by atoms with Crippen molar-refractivity contribution in [1.29, 1.82) is 0 Å². The molecule has 92 valence electrons. The van der Waals surface area contributed by atoms with E-state index in [1.54, 1.807) is 18.2 Å². The third kappa shape index (κ3) is 2.96. The topological polar surface area (TPSA) is 37.3 Å². The zero-order valence-corrected chi connectivity index (χ0v) is 10.9. The monoisotopic (exact) mass is 308 g/mol. The Labute approximate surface area is 112 Å². The molecule has 0 aromatic heterocycles. The summed E-state index contributed by atoms with van der Waals surface area (Å²) in [4.78, 5) is 12.0. The van der Waals surface area contributed by atoms with Crippen LogP contribution in [0.15, 0.2) is 46.9 Å². The normalized spacial score (nSPS) is 10.3. The van der Waals surface area contributed by atoms with Gasteiger partial charge >= 0.3 is 0 Å². The molecule has 18 heavy (non-hydrogen) atoms. The first-order valence-corrected chi connectivity index (χ1v) is 6.12. The molecule has 0 atom stereocenters. The van der Waals surface area contributed by atoms with E-state index in [1.807, 2.05) is 0 Å². The molecule has 2 rings (SSSR count). The van der Waals surface area contributed by atoms with Crippen LogP contribution in [0.2, 0.25) is 0 Å².